The topological polar surface area (TPSA) is 108 Å². The van der Waals surface area contributed by atoms with Gasteiger partial charge in [0.05, 0.1) is 13.0 Å². The lowest BCUT2D eigenvalue weighted by Crippen LogP contribution is -2.39. The number of rotatable bonds is 7. The predicted molar refractivity (Wildman–Crippen MR) is 102 cm³/mol. The molecule has 1 aliphatic heterocycles. The molecule has 0 saturated carbocycles. The first-order chi connectivity index (χ1) is 13.6. The molecule has 1 aliphatic rings. The van der Waals surface area contributed by atoms with E-state index in [9.17, 15) is 9.59 Å². The van der Waals surface area contributed by atoms with Crippen LogP contribution in [0.1, 0.15) is 41.2 Å². The van der Waals surface area contributed by atoms with Gasteiger partial charge in [-0.2, -0.15) is 0 Å². The number of aromatic nitrogens is 2. The van der Waals surface area contributed by atoms with E-state index in [1.165, 1.54) is 0 Å². The van der Waals surface area contributed by atoms with E-state index < -0.39 is 5.91 Å². The highest BCUT2D eigenvalue weighted by molar-refractivity contribution is 5.92. The summed E-state index contributed by atoms with van der Waals surface area (Å²) < 4.78 is 10.9. The molecule has 1 aromatic heterocycles. The van der Waals surface area contributed by atoms with E-state index in [4.69, 9.17) is 15.2 Å². The molecule has 1 saturated heterocycles. The number of benzene rings is 1. The number of primary amides is 1. The van der Waals surface area contributed by atoms with Gasteiger partial charge < -0.3 is 20.1 Å². The Morgan fingerprint density at radius 1 is 1.21 bits per heavy atom. The van der Waals surface area contributed by atoms with Crippen LogP contribution in [0.2, 0.25) is 0 Å². The fourth-order valence-electron chi connectivity index (χ4n) is 3.27. The van der Waals surface area contributed by atoms with E-state index in [2.05, 4.69) is 9.97 Å². The second-order valence-corrected chi connectivity index (χ2v) is 6.66. The molecule has 0 spiro atoms. The van der Waals surface area contributed by atoms with Gasteiger partial charge in [-0.15, -0.1) is 0 Å². The Balaban J connectivity index is 1.74. The van der Waals surface area contributed by atoms with Crippen molar-refractivity contribution in [2.24, 2.45) is 5.73 Å². The van der Waals surface area contributed by atoms with Gasteiger partial charge in [0.1, 0.15) is 11.4 Å². The predicted octanol–water partition coefficient (Wildman–Crippen LogP) is 2.11. The first kappa shape index (κ1) is 19.8. The maximum atomic E-state index is 12.3. The molecule has 2 heterocycles. The number of methoxy groups -OCH3 is 1. The van der Waals surface area contributed by atoms with Crippen molar-refractivity contribution < 1.29 is 19.1 Å². The molecule has 1 fully saturated rings. The highest BCUT2D eigenvalue weighted by Gasteiger charge is 2.28. The van der Waals surface area contributed by atoms with Crippen molar-refractivity contribution in [3.63, 3.8) is 0 Å². The number of nitrogens with zero attached hydrogens (tertiary/aromatic N) is 3. The van der Waals surface area contributed by atoms with Gasteiger partial charge in [0.25, 0.3) is 0 Å². The van der Waals surface area contributed by atoms with Crippen LogP contribution in [0.4, 0.5) is 0 Å². The smallest absolute Gasteiger partial charge is 0.248 e. The van der Waals surface area contributed by atoms with Gasteiger partial charge in [-0.25, -0.2) is 4.98 Å². The second-order valence-electron chi connectivity index (χ2n) is 6.66. The van der Waals surface area contributed by atoms with Gasteiger partial charge in [-0.1, -0.05) is 0 Å². The Morgan fingerprint density at radius 2 is 1.96 bits per heavy atom. The standard InChI is InChI=1S/C20H24N4O4/c1-27-12-8-17(25)24-11-2-3-15(13-24)18-20(23-10-9-22-18)28-16-6-4-14(5-7-16)19(21)26/h4-7,9-10,15H,2-3,8,11-13H2,1H3,(H2,21,26). The van der Waals surface area contributed by atoms with Crippen molar-refractivity contribution in [1.29, 1.82) is 0 Å². The number of hydrogen-bond donors (Lipinski definition) is 1. The van der Waals surface area contributed by atoms with E-state index >= 15 is 0 Å². The third kappa shape index (κ3) is 4.83. The molecule has 0 bridgehead atoms. The lowest BCUT2D eigenvalue weighted by molar-refractivity contribution is -0.133. The largest absolute Gasteiger partial charge is 0.437 e. The molecule has 8 nitrogen and oxygen atoms in total. The summed E-state index contributed by atoms with van der Waals surface area (Å²) in [5, 5.41) is 0. The van der Waals surface area contributed by atoms with Crippen molar-refractivity contribution >= 4 is 11.8 Å². The van der Waals surface area contributed by atoms with Gasteiger partial charge in [0, 0.05) is 44.1 Å². The molecule has 8 heteroatoms. The van der Waals surface area contributed by atoms with Crippen LogP contribution in [0.15, 0.2) is 36.7 Å². The van der Waals surface area contributed by atoms with Crippen LogP contribution in [0.3, 0.4) is 0 Å². The zero-order valence-electron chi connectivity index (χ0n) is 15.8. The van der Waals surface area contributed by atoms with Crippen molar-refractivity contribution in [2.45, 2.75) is 25.2 Å². The molecule has 2 amide bonds. The summed E-state index contributed by atoms with van der Waals surface area (Å²) in [5.41, 5.74) is 6.40. The molecule has 148 valence electrons. The van der Waals surface area contributed by atoms with E-state index in [0.717, 1.165) is 25.1 Å². The van der Waals surface area contributed by atoms with Gasteiger partial charge in [0.2, 0.25) is 17.7 Å². The van der Waals surface area contributed by atoms with Crippen LogP contribution in [0.25, 0.3) is 0 Å². The Kier molecular flexibility index (Phi) is 6.54. The minimum absolute atomic E-state index is 0.0498. The lowest BCUT2D eigenvalue weighted by Gasteiger charge is -2.32. The van der Waals surface area contributed by atoms with Crippen molar-refractivity contribution in [3.8, 4) is 11.6 Å². The van der Waals surface area contributed by atoms with E-state index in [-0.39, 0.29) is 11.8 Å². The summed E-state index contributed by atoms with van der Waals surface area (Å²) in [7, 11) is 1.59. The molecular weight excluding hydrogens is 360 g/mol. The number of carbonyl (C=O) groups is 2. The quantitative estimate of drug-likeness (QED) is 0.783. The first-order valence-corrected chi connectivity index (χ1v) is 9.24. The maximum Gasteiger partial charge on any atom is 0.248 e. The number of piperidine rings is 1. The van der Waals surface area contributed by atoms with Crippen molar-refractivity contribution in [3.05, 3.63) is 47.9 Å². The Morgan fingerprint density at radius 3 is 2.68 bits per heavy atom. The number of likely N-dealkylation sites (tertiary alicyclic amines) is 1. The number of amides is 2. The number of nitrogens with two attached hydrogens (primary N) is 1. The number of hydrogen-bond acceptors (Lipinski definition) is 6. The highest BCUT2D eigenvalue weighted by Crippen LogP contribution is 2.32. The minimum atomic E-state index is -0.493. The molecule has 0 aliphatic carbocycles. The summed E-state index contributed by atoms with van der Waals surface area (Å²) in [6, 6.07) is 6.54. The fourth-order valence-corrected chi connectivity index (χ4v) is 3.27. The van der Waals surface area contributed by atoms with Gasteiger partial charge in [-0.3, -0.25) is 14.6 Å². The van der Waals surface area contributed by atoms with Crippen LogP contribution in [0.5, 0.6) is 11.6 Å². The molecule has 1 unspecified atom stereocenters. The van der Waals surface area contributed by atoms with Crippen LogP contribution in [0, 0.1) is 0 Å². The third-order valence-corrected chi connectivity index (χ3v) is 4.73. The zero-order valence-corrected chi connectivity index (χ0v) is 15.8. The Labute approximate surface area is 163 Å². The summed E-state index contributed by atoms with van der Waals surface area (Å²) in [4.78, 5) is 34.2. The third-order valence-electron chi connectivity index (χ3n) is 4.73. The Bertz CT molecular complexity index is 825. The molecule has 2 N–H and O–H groups in total. The van der Waals surface area contributed by atoms with E-state index in [1.807, 2.05) is 4.90 Å². The zero-order chi connectivity index (χ0) is 19.9. The molecule has 1 atom stereocenters. The average Bonchev–Trinajstić information content (AvgIpc) is 2.73. The average molecular weight is 384 g/mol. The van der Waals surface area contributed by atoms with E-state index in [0.29, 0.717) is 36.8 Å². The maximum absolute atomic E-state index is 12.3. The van der Waals surface area contributed by atoms with Crippen molar-refractivity contribution in [2.75, 3.05) is 26.8 Å². The van der Waals surface area contributed by atoms with Crippen LogP contribution in [-0.4, -0.2) is 53.5 Å². The molecular formula is C20H24N4O4. The first-order valence-electron chi connectivity index (χ1n) is 9.24. The molecule has 0 radical (unpaired) electrons. The van der Waals surface area contributed by atoms with Gasteiger partial charge >= 0.3 is 0 Å². The lowest BCUT2D eigenvalue weighted by atomic mass is 9.94. The van der Waals surface area contributed by atoms with Crippen LogP contribution < -0.4 is 10.5 Å². The summed E-state index contributed by atoms with van der Waals surface area (Å²) in [5.74, 6) is 0.585. The number of ether oxygens (including phenoxy) is 2. The van der Waals surface area contributed by atoms with Gasteiger partial charge in [-0.05, 0) is 37.1 Å². The normalized spacial score (nSPS) is 16.6. The van der Waals surface area contributed by atoms with Crippen LogP contribution >= 0.6 is 0 Å². The molecule has 28 heavy (non-hydrogen) atoms. The van der Waals surface area contributed by atoms with Crippen LogP contribution in [-0.2, 0) is 9.53 Å². The van der Waals surface area contributed by atoms with E-state index in [1.54, 1.807) is 43.8 Å². The molecule has 1 aromatic carbocycles. The van der Waals surface area contributed by atoms with Crippen molar-refractivity contribution in [1.82, 2.24) is 14.9 Å². The second kappa shape index (κ2) is 9.27. The molecule has 2 aromatic rings. The Hall–Kier alpha value is -3.00. The monoisotopic (exact) mass is 384 g/mol. The summed E-state index contributed by atoms with van der Waals surface area (Å²) in [6.45, 7) is 1.74. The summed E-state index contributed by atoms with van der Waals surface area (Å²) >= 11 is 0. The molecule has 3 rings (SSSR count). The fraction of sp³-hybridized carbons (Fsp3) is 0.400. The highest BCUT2D eigenvalue weighted by atomic mass is 16.5. The summed E-state index contributed by atoms with van der Waals surface area (Å²) in [6.07, 6.45) is 5.38. The number of carbonyl (C=O) groups excluding carboxylic acids is 2. The minimum Gasteiger partial charge on any atom is -0.437 e. The SMILES string of the molecule is COCCC(=O)N1CCCC(c2nccnc2Oc2ccc(C(N)=O)cc2)C1. The van der Waals surface area contributed by atoms with Gasteiger partial charge in [0.15, 0.2) is 0 Å².